The lowest BCUT2D eigenvalue weighted by molar-refractivity contribution is 0.575. The summed E-state index contributed by atoms with van der Waals surface area (Å²) in [6.45, 7) is 0.786. The minimum absolute atomic E-state index is 0.123. The number of nitrogens with one attached hydrogen (secondary N) is 3. The van der Waals surface area contributed by atoms with Crippen LogP contribution in [0.15, 0.2) is 12.5 Å². The zero-order chi connectivity index (χ0) is 11.4. The maximum Gasteiger partial charge on any atom is 0.213 e. The molecule has 1 aliphatic rings. The Kier molecular flexibility index (Phi) is 3.57. The van der Waals surface area contributed by atoms with E-state index in [4.69, 9.17) is 0 Å². The Bertz CT molecular complexity index is 411. The number of rotatable bonds is 7. The molecule has 0 atom stereocenters. The van der Waals surface area contributed by atoms with Crippen molar-refractivity contribution in [3.63, 3.8) is 0 Å². The molecule has 1 saturated carbocycles. The van der Waals surface area contributed by atoms with Gasteiger partial charge in [0.2, 0.25) is 10.0 Å². The number of aromatic nitrogens is 2. The van der Waals surface area contributed by atoms with E-state index in [1.54, 1.807) is 6.20 Å². The van der Waals surface area contributed by atoms with E-state index >= 15 is 0 Å². The third-order valence-corrected chi connectivity index (χ3v) is 3.74. The molecule has 16 heavy (non-hydrogen) atoms. The zero-order valence-corrected chi connectivity index (χ0v) is 9.76. The maximum absolute atomic E-state index is 11.5. The predicted octanol–water partition coefficient (Wildman–Crippen LogP) is -0.419. The Hall–Kier alpha value is -0.920. The minimum atomic E-state index is -3.19. The van der Waals surface area contributed by atoms with E-state index in [-0.39, 0.29) is 12.3 Å². The Morgan fingerprint density at radius 3 is 2.94 bits per heavy atom. The Morgan fingerprint density at radius 2 is 2.31 bits per heavy atom. The van der Waals surface area contributed by atoms with E-state index in [1.807, 2.05) is 0 Å². The predicted molar refractivity (Wildman–Crippen MR) is 60.2 cm³/mol. The molecule has 3 N–H and O–H groups in total. The summed E-state index contributed by atoms with van der Waals surface area (Å²) >= 11 is 0. The number of hydrogen-bond acceptors (Lipinski definition) is 4. The van der Waals surface area contributed by atoms with Crippen molar-refractivity contribution in [1.29, 1.82) is 0 Å². The molecule has 0 spiro atoms. The Balaban J connectivity index is 1.69. The van der Waals surface area contributed by atoms with Crippen LogP contribution in [0, 0.1) is 0 Å². The van der Waals surface area contributed by atoms with Crippen molar-refractivity contribution in [2.45, 2.75) is 25.4 Å². The van der Waals surface area contributed by atoms with Crippen molar-refractivity contribution in [2.75, 3.05) is 12.3 Å². The van der Waals surface area contributed by atoms with E-state index in [9.17, 15) is 8.42 Å². The van der Waals surface area contributed by atoms with Crippen LogP contribution in [0.5, 0.6) is 0 Å². The lowest BCUT2D eigenvalue weighted by Gasteiger charge is -2.06. The van der Waals surface area contributed by atoms with Crippen molar-refractivity contribution in [1.82, 2.24) is 20.0 Å². The molecule has 1 aliphatic carbocycles. The highest BCUT2D eigenvalue weighted by Gasteiger charge is 2.21. The molecule has 0 bridgehead atoms. The van der Waals surface area contributed by atoms with Crippen LogP contribution in [0.25, 0.3) is 0 Å². The second-order valence-corrected chi connectivity index (χ2v) is 5.87. The summed E-state index contributed by atoms with van der Waals surface area (Å²) in [5, 5.41) is 3.17. The topological polar surface area (TPSA) is 86.9 Å². The van der Waals surface area contributed by atoms with Crippen molar-refractivity contribution in [2.24, 2.45) is 0 Å². The Labute approximate surface area is 94.9 Å². The third kappa shape index (κ3) is 3.92. The minimum Gasteiger partial charge on any atom is -0.347 e. The monoisotopic (exact) mass is 244 g/mol. The third-order valence-electron chi connectivity index (χ3n) is 2.42. The van der Waals surface area contributed by atoms with E-state index in [0.717, 1.165) is 5.69 Å². The summed E-state index contributed by atoms with van der Waals surface area (Å²) < 4.78 is 25.6. The molecule has 1 aromatic rings. The van der Waals surface area contributed by atoms with Gasteiger partial charge in [-0.05, 0) is 12.8 Å². The summed E-state index contributed by atoms with van der Waals surface area (Å²) in [6, 6.07) is 0.544. The number of sulfonamides is 1. The van der Waals surface area contributed by atoms with Crippen LogP contribution in [-0.4, -0.2) is 36.7 Å². The fraction of sp³-hybridized carbons (Fsp3) is 0.667. The summed E-state index contributed by atoms with van der Waals surface area (Å²) in [5.74, 6) is 0.123. The molecule has 7 heteroatoms. The van der Waals surface area contributed by atoms with Crippen molar-refractivity contribution < 1.29 is 8.42 Å². The van der Waals surface area contributed by atoms with Crippen LogP contribution >= 0.6 is 0 Å². The molecule has 0 amide bonds. The van der Waals surface area contributed by atoms with Crippen LogP contribution in [0.3, 0.4) is 0 Å². The van der Waals surface area contributed by atoms with Gasteiger partial charge in [-0.25, -0.2) is 18.1 Å². The fourth-order valence-electron chi connectivity index (χ4n) is 1.33. The molecule has 0 aliphatic heterocycles. The lowest BCUT2D eigenvalue weighted by Crippen LogP contribution is -2.32. The first-order chi connectivity index (χ1) is 7.66. The van der Waals surface area contributed by atoms with Crippen LogP contribution in [-0.2, 0) is 16.6 Å². The first-order valence-corrected chi connectivity index (χ1v) is 6.99. The highest BCUT2D eigenvalue weighted by Crippen LogP contribution is 2.17. The first kappa shape index (κ1) is 11.6. The molecule has 0 unspecified atom stereocenters. The largest absolute Gasteiger partial charge is 0.347 e. The number of imidazole rings is 1. The smallest absolute Gasteiger partial charge is 0.213 e. The van der Waals surface area contributed by atoms with E-state index in [0.29, 0.717) is 12.6 Å². The standard InChI is InChI=1S/C9H16N4O2S/c14-16(15,4-3-11-8-1-2-8)13-6-9-5-10-7-12-9/h5,7-8,11,13H,1-4,6H2,(H,10,12). The number of nitrogens with zero attached hydrogens (tertiary/aromatic N) is 1. The number of aromatic amines is 1. The van der Waals surface area contributed by atoms with Crippen LogP contribution in [0.4, 0.5) is 0 Å². The molecule has 1 fully saturated rings. The molecule has 2 rings (SSSR count). The highest BCUT2D eigenvalue weighted by molar-refractivity contribution is 7.89. The van der Waals surface area contributed by atoms with Gasteiger partial charge in [0.25, 0.3) is 0 Å². The zero-order valence-electron chi connectivity index (χ0n) is 8.94. The van der Waals surface area contributed by atoms with Gasteiger partial charge in [-0.3, -0.25) is 0 Å². The van der Waals surface area contributed by atoms with Gasteiger partial charge in [0.1, 0.15) is 0 Å². The molecule has 0 saturated heterocycles. The van der Waals surface area contributed by atoms with Gasteiger partial charge in [-0.15, -0.1) is 0 Å². The van der Waals surface area contributed by atoms with Gasteiger partial charge < -0.3 is 10.3 Å². The van der Waals surface area contributed by atoms with Crippen molar-refractivity contribution in [3.05, 3.63) is 18.2 Å². The summed E-state index contributed by atoms with van der Waals surface area (Å²) in [5.41, 5.74) is 0.763. The van der Waals surface area contributed by atoms with Gasteiger partial charge >= 0.3 is 0 Å². The van der Waals surface area contributed by atoms with Gasteiger partial charge in [0.15, 0.2) is 0 Å². The summed E-state index contributed by atoms with van der Waals surface area (Å²) in [4.78, 5) is 6.65. The second-order valence-electron chi connectivity index (χ2n) is 3.95. The second kappa shape index (κ2) is 4.94. The first-order valence-electron chi connectivity index (χ1n) is 5.34. The molecule has 0 radical (unpaired) electrons. The van der Waals surface area contributed by atoms with E-state index in [2.05, 4.69) is 20.0 Å². The number of H-pyrrole nitrogens is 1. The molecule has 6 nitrogen and oxygen atoms in total. The average Bonchev–Trinajstić information content (AvgIpc) is 2.91. The van der Waals surface area contributed by atoms with Crippen LogP contribution in [0.1, 0.15) is 18.5 Å². The molecule has 90 valence electrons. The van der Waals surface area contributed by atoms with Crippen LogP contribution in [0.2, 0.25) is 0 Å². The highest BCUT2D eigenvalue weighted by atomic mass is 32.2. The Morgan fingerprint density at radius 1 is 1.50 bits per heavy atom. The van der Waals surface area contributed by atoms with Crippen molar-refractivity contribution >= 4 is 10.0 Å². The molecular weight excluding hydrogens is 228 g/mol. The van der Waals surface area contributed by atoms with Gasteiger partial charge in [-0.2, -0.15) is 0 Å². The van der Waals surface area contributed by atoms with E-state index < -0.39 is 10.0 Å². The quantitative estimate of drug-likeness (QED) is 0.608. The molecule has 1 aromatic heterocycles. The maximum atomic E-state index is 11.5. The molecular formula is C9H16N4O2S. The average molecular weight is 244 g/mol. The molecule has 1 heterocycles. The van der Waals surface area contributed by atoms with Crippen molar-refractivity contribution in [3.8, 4) is 0 Å². The normalized spacial score (nSPS) is 16.5. The lowest BCUT2D eigenvalue weighted by atomic mass is 10.5. The van der Waals surface area contributed by atoms with Crippen LogP contribution < -0.4 is 10.0 Å². The van der Waals surface area contributed by atoms with E-state index in [1.165, 1.54) is 19.2 Å². The SMILES string of the molecule is O=S(=O)(CCNC1CC1)NCc1cnc[nH]1. The van der Waals surface area contributed by atoms with Gasteiger partial charge in [-0.1, -0.05) is 0 Å². The van der Waals surface area contributed by atoms with Gasteiger partial charge in [0.05, 0.1) is 18.6 Å². The summed E-state index contributed by atoms with van der Waals surface area (Å²) in [6.07, 6.45) is 5.46. The fourth-order valence-corrected chi connectivity index (χ4v) is 2.23. The van der Waals surface area contributed by atoms with Gasteiger partial charge in [0, 0.05) is 24.5 Å². The molecule has 0 aromatic carbocycles. The summed E-state index contributed by atoms with van der Waals surface area (Å²) in [7, 11) is -3.19. The number of hydrogen-bond donors (Lipinski definition) is 3.